The second-order valence-corrected chi connectivity index (χ2v) is 3.48. The highest BCUT2D eigenvalue weighted by Gasteiger charge is 2.08. The lowest BCUT2D eigenvalue weighted by Crippen LogP contribution is -2.20. The summed E-state index contributed by atoms with van der Waals surface area (Å²) in [4.78, 5) is 22.4. The molecule has 3 N–H and O–H groups in total. The molecule has 0 fully saturated rings. The quantitative estimate of drug-likeness (QED) is 0.726. The average Bonchev–Trinajstić information content (AvgIpc) is 2.34. The Balaban J connectivity index is 2.57. The first-order valence-electron chi connectivity index (χ1n) is 5.43. The molecule has 17 heavy (non-hydrogen) atoms. The molecule has 5 nitrogen and oxygen atoms in total. The molecule has 0 aliphatic heterocycles. The molecule has 0 aromatic heterocycles. The van der Waals surface area contributed by atoms with Crippen molar-refractivity contribution in [3.63, 3.8) is 0 Å². The van der Waals surface area contributed by atoms with Gasteiger partial charge in [-0.05, 0) is 18.6 Å². The zero-order chi connectivity index (χ0) is 12.7. The van der Waals surface area contributed by atoms with Crippen LogP contribution in [0.4, 0.5) is 5.69 Å². The van der Waals surface area contributed by atoms with Crippen LogP contribution in [0, 0.1) is 0 Å². The van der Waals surface area contributed by atoms with Crippen LogP contribution in [0.3, 0.4) is 0 Å². The molecule has 0 aliphatic rings. The number of ether oxygens (including phenoxy) is 1. The number of carbonyl (C=O) groups excluding carboxylic acids is 2. The molecule has 0 bridgehead atoms. The first kappa shape index (κ1) is 13.0. The number of hydrogen-bond acceptors (Lipinski definition) is 4. The summed E-state index contributed by atoms with van der Waals surface area (Å²) in [5.74, 6) is -0.888. The molecule has 1 rings (SSSR count). The van der Waals surface area contributed by atoms with Crippen LogP contribution in [0.5, 0.6) is 0 Å². The number of amides is 1. The third kappa shape index (κ3) is 4.14. The number of anilines is 1. The number of rotatable bonds is 6. The molecule has 1 aromatic rings. The van der Waals surface area contributed by atoms with E-state index in [-0.39, 0.29) is 12.5 Å². The first-order valence-corrected chi connectivity index (χ1v) is 5.43. The van der Waals surface area contributed by atoms with Crippen LogP contribution in [0.25, 0.3) is 0 Å². The molecule has 1 aromatic carbocycles. The predicted molar refractivity (Wildman–Crippen MR) is 64.7 cm³/mol. The van der Waals surface area contributed by atoms with Crippen LogP contribution < -0.4 is 11.1 Å². The molecule has 0 saturated carbocycles. The molecule has 0 unspecified atom stereocenters. The van der Waals surface area contributed by atoms with Gasteiger partial charge in [0.2, 0.25) is 0 Å². The highest BCUT2D eigenvalue weighted by atomic mass is 16.5. The minimum atomic E-state index is -0.532. The van der Waals surface area contributed by atoms with Gasteiger partial charge in [-0.3, -0.25) is 9.59 Å². The molecule has 0 saturated heterocycles. The van der Waals surface area contributed by atoms with Crippen molar-refractivity contribution in [2.45, 2.75) is 13.3 Å². The molecule has 0 atom stereocenters. The largest absolute Gasteiger partial charge is 0.464 e. The maximum absolute atomic E-state index is 11.3. The Labute approximate surface area is 99.9 Å². The van der Waals surface area contributed by atoms with Gasteiger partial charge in [0.15, 0.2) is 0 Å². The Kier molecular flexibility index (Phi) is 5.00. The lowest BCUT2D eigenvalue weighted by molar-refractivity contribution is -0.141. The Morgan fingerprint density at radius 1 is 1.35 bits per heavy atom. The van der Waals surface area contributed by atoms with E-state index < -0.39 is 5.91 Å². The van der Waals surface area contributed by atoms with Gasteiger partial charge in [0.05, 0.1) is 12.2 Å². The Hall–Kier alpha value is -2.04. The van der Waals surface area contributed by atoms with Crippen molar-refractivity contribution in [1.29, 1.82) is 0 Å². The maximum Gasteiger partial charge on any atom is 0.325 e. The van der Waals surface area contributed by atoms with Crippen LogP contribution in [0.2, 0.25) is 0 Å². The lowest BCUT2D eigenvalue weighted by Gasteiger charge is -2.09. The summed E-state index contributed by atoms with van der Waals surface area (Å²) in [6.07, 6.45) is 0.781. The fourth-order valence-electron chi connectivity index (χ4n) is 1.29. The van der Waals surface area contributed by atoms with E-state index in [1.807, 2.05) is 6.92 Å². The van der Waals surface area contributed by atoms with E-state index in [1.165, 1.54) is 0 Å². The van der Waals surface area contributed by atoms with Gasteiger partial charge < -0.3 is 15.8 Å². The molecule has 0 radical (unpaired) electrons. The van der Waals surface area contributed by atoms with E-state index in [2.05, 4.69) is 5.32 Å². The van der Waals surface area contributed by atoms with Crippen LogP contribution in [0.15, 0.2) is 24.3 Å². The van der Waals surface area contributed by atoms with Crippen LogP contribution in [-0.4, -0.2) is 25.0 Å². The fraction of sp³-hybridized carbons (Fsp3) is 0.333. The Bertz CT molecular complexity index is 404. The minimum Gasteiger partial charge on any atom is -0.464 e. The normalized spacial score (nSPS) is 9.71. The summed E-state index contributed by atoms with van der Waals surface area (Å²) >= 11 is 0. The number of hydrogen-bond donors (Lipinski definition) is 2. The SMILES string of the molecule is CCCOC(=O)CNc1ccccc1C(N)=O. The van der Waals surface area contributed by atoms with Crippen molar-refractivity contribution < 1.29 is 14.3 Å². The van der Waals surface area contributed by atoms with Gasteiger partial charge in [-0.25, -0.2) is 0 Å². The highest BCUT2D eigenvalue weighted by molar-refractivity contribution is 5.98. The maximum atomic E-state index is 11.3. The molecule has 1 amide bonds. The molecule has 92 valence electrons. The third-order valence-electron chi connectivity index (χ3n) is 2.08. The standard InChI is InChI=1S/C12H16N2O3/c1-2-7-17-11(15)8-14-10-6-4-3-5-9(10)12(13)16/h3-6,14H,2,7-8H2,1H3,(H2,13,16). The van der Waals surface area contributed by atoms with Crippen molar-refractivity contribution in [3.8, 4) is 0 Å². The summed E-state index contributed by atoms with van der Waals surface area (Å²) in [5, 5.41) is 2.83. The zero-order valence-corrected chi connectivity index (χ0v) is 9.73. The first-order chi connectivity index (χ1) is 8.15. The minimum absolute atomic E-state index is 0.0181. The number of primary amides is 1. The van der Waals surface area contributed by atoms with Gasteiger partial charge in [0, 0.05) is 5.69 Å². The van der Waals surface area contributed by atoms with E-state index in [9.17, 15) is 9.59 Å². The summed E-state index contributed by atoms with van der Waals surface area (Å²) in [5.41, 5.74) is 6.10. The van der Waals surface area contributed by atoms with E-state index in [4.69, 9.17) is 10.5 Å². The van der Waals surface area contributed by atoms with E-state index in [1.54, 1.807) is 24.3 Å². The average molecular weight is 236 g/mol. The zero-order valence-electron chi connectivity index (χ0n) is 9.73. The second kappa shape index (κ2) is 6.52. The number of nitrogens with one attached hydrogen (secondary N) is 1. The van der Waals surface area contributed by atoms with E-state index >= 15 is 0 Å². The van der Waals surface area contributed by atoms with Gasteiger partial charge in [-0.15, -0.1) is 0 Å². The topological polar surface area (TPSA) is 81.4 Å². The van der Waals surface area contributed by atoms with E-state index in [0.717, 1.165) is 6.42 Å². The summed E-state index contributed by atoms with van der Waals surface area (Å²) in [7, 11) is 0. The fourth-order valence-corrected chi connectivity index (χ4v) is 1.29. The number of esters is 1. The smallest absolute Gasteiger partial charge is 0.325 e. The molecule has 5 heteroatoms. The summed E-state index contributed by atoms with van der Waals surface area (Å²) in [6.45, 7) is 2.34. The molecule has 0 heterocycles. The number of benzene rings is 1. The predicted octanol–water partition coefficient (Wildman–Crippen LogP) is 1.15. The van der Waals surface area contributed by atoms with Gasteiger partial charge >= 0.3 is 5.97 Å². The third-order valence-corrected chi connectivity index (χ3v) is 2.08. The molecule has 0 aliphatic carbocycles. The number of carbonyl (C=O) groups is 2. The van der Waals surface area contributed by atoms with Crippen LogP contribution in [0.1, 0.15) is 23.7 Å². The van der Waals surface area contributed by atoms with Gasteiger partial charge in [0.1, 0.15) is 6.54 Å². The Morgan fingerprint density at radius 2 is 2.06 bits per heavy atom. The summed E-state index contributed by atoms with van der Waals surface area (Å²) in [6, 6.07) is 6.75. The number of nitrogens with two attached hydrogens (primary N) is 1. The summed E-state index contributed by atoms with van der Waals surface area (Å²) < 4.78 is 4.90. The van der Waals surface area contributed by atoms with Crippen LogP contribution >= 0.6 is 0 Å². The highest BCUT2D eigenvalue weighted by Crippen LogP contribution is 2.13. The molecular weight excluding hydrogens is 220 g/mol. The number of para-hydroxylation sites is 1. The molecular formula is C12H16N2O3. The van der Waals surface area contributed by atoms with Crippen LogP contribution in [-0.2, 0) is 9.53 Å². The van der Waals surface area contributed by atoms with Crippen molar-refractivity contribution in [3.05, 3.63) is 29.8 Å². The van der Waals surface area contributed by atoms with Crippen molar-refractivity contribution in [2.75, 3.05) is 18.5 Å². The van der Waals surface area contributed by atoms with Crippen molar-refractivity contribution in [2.24, 2.45) is 5.73 Å². The lowest BCUT2D eigenvalue weighted by atomic mass is 10.1. The van der Waals surface area contributed by atoms with Crippen molar-refractivity contribution >= 4 is 17.6 Å². The Morgan fingerprint density at radius 3 is 2.71 bits per heavy atom. The van der Waals surface area contributed by atoms with Gasteiger partial charge in [0.25, 0.3) is 5.91 Å². The van der Waals surface area contributed by atoms with Gasteiger partial charge in [-0.1, -0.05) is 19.1 Å². The monoisotopic (exact) mass is 236 g/mol. The van der Waals surface area contributed by atoms with E-state index in [0.29, 0.717) is 17.9 Å². The molecule has 0 spiro atoms. The van der Waals surface area contributed by atoms with Gasteiger partial charge in [-0.2, -0.15) is 0 Å². The second-order valence-electron chi connectivity index (χ2n) is 3.48. The van der Waals surface area contributed by atoms with Crippen molar-refractivity contribution in [1.82, 2.24) is 0 Å².